The number of rotatable bonds is 3. The number of ether oxygens (including phenoxy) is 1. The van der Waals surface area contributed by atoms with E-state index in [9.17, 15) is 0 Å². The van der Waals surface area contributed by atoms with Crippen molar-refractivity contribution in [1.82, 2.24) is 10.2 Å². The normalized spacial score (nSPS) is 10.1. The number of phenolic OH excluding ortho intramolecular Hbond substituents is 2. The molecular weight excluding hydrogens is 196 g/mol. The summed E-state index contributed by atoms with van der Waals surface area (Å²) in [5, 5.41) is 24.8. The van der Waals surface area contributed by atoms with Gasteiger partial charge in [0.1, 0.15) is 23.9 Å². The molecule has 0 aliphatic carbocycles. The molecular formula is C10H9N2O3. The van der Waals surface area contributed by atoms with Crippen molar-refractivity contribution in [2.24, 2.45) is 0 Å². The predicted molar refractivity (Wildman–Crippen MR) is 51.5 cm³/mol. The van der Waals surface area contributed by atoms with Gasteiger partial charge in [-0.2, -0.15) is 5.10 Å². The van der Waals surface area contributed by atoms with Crippen LogP contribution in [0.2, 0.25) is 0 Å². The Bertz CT molecular complexity index is 420. The van der Waals surface area contributed by atoms with E-state index in [2.05, 4.69) is 16.3 Å². The summed E-state index contributed by atoms with van der Waals surface area (Å²) in [6, 6.07) is 6.86. The highest BCUT2D eigenvalue weighted by atomic mass is 16.5. The highest BCUT2D eigenvalue weighted by molar-refractivity contribution is 5.39. The van der Waals surface area contributed by atoms with Gasteiger partial charge in [0, 0.05) is 18.3 Å². The summed E-state index contributed by atoms with van der Waals surface area (Å²) in [4.78, 5) is 0. The standard InChI is InChI=1S/C10H9N2O3/c13-8-3-9(14)5-10(4-8)15-6-7-1-2-11-12-7/h1-4,13-14H,6H2,(H,11,12). The lowest BCUT2D eigenvalue weighted by Gasteiger charge is -2.04. The van der Waals surface area contributed by atoms with E-state index in [1.165, 1.54) is 12.1 Å². The molecule has 1 radical (unpaired) electrons. The van der Waals surface area contributed by atoms with E-state index in [0.717, 1.165) is 5.69 Å². The monoisotopic (exact) mass is 205 g/mol. The Kier molecular flexibility index (Phi) is 2.45. The van der Waals surface area contributed by atoms with Crippen molar-refractivity contribution in [3.63, 3.8) is 0 Å². The van der Waals surface area contributed by atoms with E-state index >= 15 is 0 Å². The maximum absolute atomic E-state index is 9.17. The van der Waals surface area contributed by atoms with Gasteiger partial charge in [-0.1, -0.05) is 0 Å². The number of benzene rings is 1. The van der Waals surface area contributed by atoms with Gasteiger partial charge in [0.15, 0.2) is 0 Å². The van der Waals surface area contributed by atoms with E-state index in [1.807, 2.05) is 0 Å². The lowest BCUT2D eigenvalue weighted by molar-refractivity contribution is 0.296. The third kappa shape index (κ3) is 2.40. The fourth-order valence-corrected chi connectivity index (χ4v) is 1.12. The molecule has 0 unspecified atom stereocenters. The molecule has 2 rings (SSSR count). The van der Waals surface area contributed by atoms with Crippen LogP contribution in [0.3, 0.4) is 0 Å². The molecule has 0 saturated heterocycles. The average Bonchev–Trinajstić information content (AvgIpc) is 2.65. The Morgan fingerprint density at radius 1 is 1.40 bits per heavy atom. The van der Waals surface area contributed by atoms with E-state index in [1.54, 1.807) is 12.3 Å². The summed E-state index contributed by atoms with van der Waals surface area (Å²) in [7, 11) is 0. The Labute approximate surface area is 86.0 Å². The first kappa shape index (κ1) is 9.39. The Hall–Kier alpha value is -2.17. The molecule has 1 aromatic heterocycles. The van der Waals surface area contributed by atoms with E-state index < -0.39 is 0 Å². The minimum absolute atomic E-state index is 0.0664. The minimum atomic E-state index is -0.160. The van der Waals surface area contributed by atoms with Gasteiger partial charge in [-0.3, -0.25) is 5.10 Å². The third-order valence-electron chi connectivity index (χ3n) is 1.75. The molecule has 0 fully saturated rings. The molecule has 0 aliphatic rings. The molecule has 2 aromatic rings. The topological polar surface area (TPSA) is 78.4 Å². The number of phenols is 2. The van der Waals surface area contributed by atoms with Gasteiger partial charge in [-0.05, 0) is 6.07 Å². The van der Waals surface area contributed by atoms with Crippen LogP contribution in [0, 0.1) is 6.07 Å². The molecule has 0 amide bonds. The summed E-state index contributed by atoms with van der Waals surface area (Å²) in [5.74, 6) is 0.0470. The first-order chi connectivity index (χ1) is 7.24. The Morgan fingerprint density at radius 3 is 2.93 bits per heavy atom. The molecule has 5 nitrogen and oxygen atoms in total. The van der Waals surface area contributed by atoms with Gasteiger partial charge in [0.2, 0.25) is 0 Å². The van der Waals surface area contributed by atoms with Gasteiger partial charge >= 0.3 is 0 Å². The molecule has 0 aliphatic heterocycles. The maximum Gasteiger partial charge on any atom is 0.135 e. The molecule has 0 spiro atoms. The lowest BCUT2D eigenvalue weighted by atomic mass is 10.3. The molecule has 3 N–H and O–H groups in total. The number of nitrogens with zero attached hydrogens (tertiary/aromatic N) is 1. The molecule has 77 valence electrons. The highest BCUT2D eigenvalue weighted by Crippen LogP contribution is 2.25. The van der Waals surface area contributed by atoms with Crippen molar-refractivity contribution < 1.29 is 14.9 Å². The van der Waals surface area contributed by atoms with Crippen LogP contribution in [0.1, 0.15) is 5.69 Å². The summed E-state index contributed by atoms with van der Waals surface area (Å²) in [6.45, 7) is 0.253. The van der Waals surface area contributed by atoms with Crippen LogP contribution in [0.25, 0.3) is 0 Å². The number of aromatic hydroxyl groups is 2. The van der Waals surface area contributed by atoms with Crippen LogP contribution in [0.15, 0.2) is 24.4 Å². The number of hydrogen-bond donors (Lipinski definition) is 3. The lowest BCUT2D eigenvalue weighted by Crippen LogP contribution is -1.95. The predicted octanol–water partition coefficient (Wildman–Crippen LogP) is 1.20. The van der Waals surface area contributed by atoms with Crippen molar-refractivity contribution in [3.8, 4) is 17.2 Å². The Morgan fingerprint density at radius 2 is 2.27 bits per heavy atom. The van der Waals surface area contributed by atoms with E-state index in [-0.39, 0.29) is 23.9 Å². The van der Waals surface area contributed by atoms with E-state index in [0.29, 0.717) is 0 Å². The van der Waals surface area contributed by atoms with Gasteiger partial charge in [-0.15, -0.1) is 0 Å². The summed E-state index contributed by atoms with van der Waals surface area (Å²) in [5.41, 5.74) is 0.728. The second-order valence-electron chi connectivity index (χ2n) is 2.94. The van der Waals surface area contributed by atoms with Crippen LogP contribution < -0.4 is 4.74 Å². The van der Waals surface area contributed by atoms with Crippen molar-refractivity contribution in [2.75, 3.05) is 0 Å². The zero-order valence-electron chi connectivity index (χ0n) is 7.77. The molecule has 0 saturated carbocycles. The number of hydrogen-bond acceptors (Lipinski definition) is 4. The minimum Gasteiger partial charge on any atom is -0.508 e. The van der Waals surface area contributed by atoms with Gasteiger partial charge in [0.25, 0.3) is 0 Å². The van der Waals surface area contributed by atoms with Gasteiger partial charge in [0.05, 0.1) is 11.8 Å². The highest BCUT2D eigenvalue weighted by Gasteiger charge is 2.02. The fourth-order valence-electron chi connectivity index (χ4n) is 1.12. The quantitative estimate of drug-likeness (QED) is 0.703. The fraction of sp³-hybridized carbons (Fsp3) is 0.100. The van der Waals surface area contributed by atoms with Crippen molar-refractivity contribution in [3.05, 3.63) is 36.2 Å². The van der Waals surface area contributed by atoms with Crippen molar-refractivity contribution in [2.45, 2.75) is 6.61 Å². The molecule has 0 atom stereocenters. The first-order valence-electron chi connectivity index (χ1n) is 4.31. The van der Waals surface area contributed by atoms with Crippen molar-refractivity contribution >= 4 is 0 Å². The summed E-state index contributed by atoms with van der Waals surface area (Å²) >= 11 is 0. The number of H-pyrrole nitrogens is 1. The van der Waals surface area contributed by atoms with Crippen LogP contribution in [-0.4, -0.2) is 20.4 Å². The van der Waals surface area contributed by atoms with Crippen LogP contribution >= 0.6 is 0 Å². The zero-order valence-corrected chi connectivity index (χ0v) is 7.77. The van der Waals surface area contributed by atoms with Crippen LogP contribution in [0.4, 0.5) is 0 Å². The van der Waals surface area contributed by atoms with Crippen molar-refractivity contribution in [1.29, 1.82) is 0 Å². The summed E-state index contributed by atoms with van der Waals surface area (Å²) < 4.78 is 5.25. The SMILES string of the molecule is Oc1[c]c(OCc2cc[nH]n2)cc(O)c1. The zero-order chi connectivity index (χ0) is 10.7. The molecule has 5 heteroatoms. The molecule has 0 bridgehead atoms. The number of aromatic amines is 1. The number of nitrogens with one attached hydrogen (secondary N) is 1. The molecule has 1 aromatic carbocycles. The average molecular weight is 205 g/mol. The van der Waals surface area contributed by atoms with Crippen LogP contribution in [0.5, 0.6) is 17.2 Å². The first-order valence-corrected chi connectivity index (χ1v) is 4.31. The largest absolute Gasteiger partial charge is 0.508 e. The summed E-state index contributed by atoms with van der Waals surface area (Å²) in [6.07, 6.45) is 1.68. The second kappa shape index (κ2) is 3.91. The van der Waals surface area contributed by atoms with Gasteiger partial charge in [-0.25, -0.2) is 0 Å². The number of aromatic nitrogens is 2. The smallest absolute Gasteiger partial charge is 0.135 e. The Balaban J connectivity index is 2.05. The molecule has 15 heavy (non-hydrogen) atoms. The maximum atomic E-state index is 9.17. The van der Waals surface area contributed by atoms with Gasteiger partial charge < -0.3 is 14.9 Å². The second-order valence-corrected chi connectivity index (χ2v) is 2.94. The van der Waals surface area contributed by atoms with Crippen LogP contribution in [-0.2, 0) is 6.61 Å². The molecule has 1 heterocycles. The van der Waals surface area contributed by atoms with E-state index in [4.69, 9.17) is 14.9 Å². The third-order valence-corrected chi connectivity index (χ3v) is 1.75.